The fraction of sp³-hybridized carbons (Fsp3) is 0.350. The second-order valence-corrected chi connectivity index (χ2v) is 7.14. The van der Waals surface area contributed by atoms with Crippen molar-refractivity contribution in [3.05, 3.63) is 52.9 Å². The van der Waals surface area contributed by atoms with E-state index in [9.17, 15) is 14.4 Å². The Balaban J connectivity index is 1.54. The normalized spacial score (nSPS) is 17.5. The lowest BCUT2D eigenvalue weighted by molar-refractivity contribution is -0.157. The summed E-state index contributed by atoms with van der Waals surface area (Å²) in [6, 6.07) is 8.67. The molecular weight excluding hydrogens is 384 g/mol. The lowest BCUT2D eigenvalue weighted by atomic mass is 10.1. The summed E-state index contributed by atoms with van der Waals surface area (Å²) in [5, 5.41) is 3.23. The van der Waals surface area contributed by atoms with Crippen LogP contribution in [0.4, 0.5) is 5.69 Å². The first-order valence-electron chi connectivity index (χ1n) is 8.91. The molecule has 1 N–H and O–H groups in total. The van der Waals surface area contributed by atoms with Gasteiger partial charge in [-0.1, -0.05) is 17.7 Å². The van der Waals surface area contributed by atoms with Crippen LogP contribution in [0.5, 0.6) is 0 Å². The zero-order valence-electron chi connectivity index (χ0n) is 15.6. The molecule has 1 fully saturated rings. The summed E-state index contributed by atoms with van der Waals surface area (Å²) >= 11 is 6.05. The van der Waals surface area contributed by atoms with Crippen LogP contribution in [0.1, 0.15) is 24.7 Å². The van der Waals surface area contributed by atoms with E-state index >= 15 is 0 Å². The van der Waals surface area contributed by atoms with E-state index in [4.69, 9.17) is 20.8 Å². The van der Waals surface area contributed by atoms with Gasteiger partial charge < -0.3 is 19.4 Å². The van der Waals surface area contributed by atoms with Crippen LogP contribution < -0.4 is 5.32 Å². The third-order valence-electron chi connectivity index (χ3n) is 4.66. The molecule has 2 aromatic rings. The molecule has 2 amide bonds. The Labute approximate surface area is 167 Å². The van der Waals surface area contributed by atoms with Crippen LogP contribution in [0.3, 0.4) is 0 Å². The summed E-state index contributed by atoms with van der Waals surface area (Å²) in [4.78, 5) is 38.4. The number of carbonyl (C=O) groups is 3. The van der Waals surface area contributed by atoms with Gasteiger partial charge in [0.05, 0.1) is 18.7 Å². The lowest BCUT2D eigenvalue weighted by Gasteiger charge is -2.18. The van der Waals surface area contributed by atoms with Gasteiger partial charge in [0.2, 0.25) is 5.91 Å². The van der Waals surface area contributed by atoms with Gasteiger partial charge in [-0.3, -0.25) is 14.4 Å². The van der Waals surface area contributed by atoms with Crippen LogP contribution in [0.15, 0.2) is 41.0 Å². The van der Waals surface area contributed by atoms with Crippen LogP contribution in [0.2, 0.25) is 5.02 Å². The van der Waals surface area contributed by atoms with Crippen molar-refractivity contribution in [2.24, 2.45) is 5.92 Å². The molecule has 1 aliphatic rings. The number of nitrogens with one attached hydrogen (secondary N) is 1. The number of ether oxygens (including phenoxy) is 1. The third kappa shape index (κ3) is 4.54. The Morgan fingerprint density at radius 3 is 2.86 bits per heavy atom. The van der Waals surface area contributed by atoms with E-state index in [2.05, 4.69) is 5.32 Å². The molecule has 148 valence electrons. The van der Waals surface area contributed by atoms with Crippen LogP contribution in [0.25, 0.3) is 0 Å². The average molecular weight is 405 g/mol. The van der Waals surface area contributed by atoms with Crippen molar-refractivity contribution >= 4 is 35.1 Å². The fourth-order valence-corrected chi connectivity index (χ4v) is 3.15. The van der Waals surface area contributed by atoms with E-state index in [1.807, 2.05) is 0 Å². The van der Waals surface area contributed by atoms with Gasteiger partial charge in [-0.15, -0.1) is 0 Å². The van der Waals surface area contributed by atoms with Crippen molar-refractivity contribution in [3.63, 3.8) is 0 Å². The quantitative estimate of drug-likeness (QED) is 0.747. The first kappa shape index (κ1) is 19.9. The summed E-state index contributed by atoms with van der Waals surface area (Å²) in [5.74, 6) is -1.14. The number of amides is 2. The predicted molar refractivity (Wildman–Crippen MR) is 103 cm³/mol. The maximum atomic E-state index is 12.4. The molecule has 28 heavy (non-hydrogen) atoms. The van der Waals surface area contributed by atoms with E-state index in [-0.39, 0.29) is 18.9 Å². The van der Waals surface area contributed by atoms with Crippen LogP contribution >= 0.6 is 11.6 Å². The van der Waals surface area contributed by atoms with E-state index in [0.29, 0.717) is 23.0 Å². The van der Waals surface area contributed by atoms with Gasteiger partial charge >= 0.3 is 5.97 Å². The minimum Gasteiger partial charge on any atom is -0.467 e. The molecule has 0 bridgehead atoms. The largest absolute Gasteiger partial charge is 0.467 e. The minimum atomic E-state index is -1.000. The zero-order valence-corrected chi connectivity index (χ0v) is 16.4. The van der Waals surface area contributed by atoms with Crippen LogP contribution in [0, 0.1) is 12.8 Å². The molecule has 0 radical (unpaired) electrons. The Bertz CT molecular complexity index is 881. The highest BCUT2D eigenvalue weighted by atomic mass is 35.5. The maximum absolute atomic E-state index is 12.4. The zero-order chi connectivity index (χ0) is 20.3. The number of carbonyl (C=O) groups excluding carboxylic acids is 3. The molecule has 1 aromatic carbocycles. The van der Waals surface area contributed by atoms with Crippen molar-refractivity contribution < 1.29 is 23.5 Å². The second kappa shape index (κ2) is 8.48. The summed E-state index contributed by atoms with van der Waals surface area (Å²) in [5.41, 5.74) is 1.28. The minimum absolute atomic E-state index is 0.0568. The Morgan fingerprint density at radius 1 is 1.36 bits per heavy atom. The van der Waals surface area contributed by atoms with E-state index in [1.165, 1.54) is 13.2 Å². The maximum Gasteiger partial charge on any atom is 0.312 e. The number of anilines is 1. The number of likely N-dealkylation sites (tertiary alicyclic amines) is 1. The predicted octanol–water partition coefficient (Wildman–Crippen LogP) is 3.16. The van der Waals surface area contributed by atoms with Gasteiger partial charge in [0.1, 0.15) is 5.76 Å². The number of nitrogens with zero attached hydrogens (tertiary/aromatic N) is 1. The molecule has 0 saturated carbocycles. The van der Waals surface area contributed by atoms with Crippen LogP contribution in [-0.2, 0) is 25.7 Å². The third-order valence-corrected chi connectivity index (χ3v) is 5.07. The molecule has 1 saturated heterocycles. The van der Waals surface area contributed by atoms with Gasteiger partial charge in [0.15, 0.2) is 6.10 Å². The van der Waals surface area contributed by atoms with Crippen molar-refractivity contribution in [1.29, 1.82) is 0 Å². The number of hydrogen-bond acceptors (Lipinski definition) is 5. The van der Waals surface area contributed by atoms with Crippen molar-refractivity contribution in [3.8, 4) is 0 Å². The highest BCUT2D eigenvalue weighted by Gasteiger charge is 2.37. The molecule has 7 nitrogen and oxygen atoms in total. The van der Waals surface area contributed by atoms with E-state index < -0.39 is 23.9 Å². The fourth-order valence-electron chi connectivity index (χ4n) is 2.97. The topological polar surface area (TPSA) is 88.8 Å². The van der Waals surface area contributed by atoms with Gasteiger partial charge in [-0.25, -0.2) is 0 Å². The number of hydrogen-bond donors (Lipinski definition) is 1. The molecule has 0 aliphatic carbocycles. The van der Waals surface area contributed by atoms with Gasteiger partial charge in [0.25, 0.3) is 5.91 Å². The number of furan rings is 1. The molecule has 1 aromatic heterocycles. The van der Waals surface area contributed by atoms with Crippen LogP contribution in [-0.4, -0.2) is 35.3 Å². The number of benzene rings is 1. The van der Waals surface area contributed by atoms with Gasteiger partial charge in [-0.05, 0) is 43.7 Å². The molecular formula is C20H21ClN2O5. The molecule has 8 heteroatoms. The summed E-state index contributed by atoms with van der Waals surface area (Å²) in [6.07, 6.45) is 0.588. The van der Waals surface area contributed by atoms with E-state index in [0.717, 1.165) is 5.56 Å². The average Bonchev–Trinajstić information content (AvgIpc) is 3.29. The Hall–Kier alpha value is -2.80. The smallest absolute Gasteiger partial charge is 0.312 e. The molecule has 0 spiro atoms. The standard InChI is InChI=1S/C20H21ClN2O5/c1-12-16(21)6-3-7-17(12)22-19(25)13(2)28-20(26)14-9-18(24)23(10-14)11-15-5-4-8-27-15/h3-8,13-14H,9-11H2,1-2H3,(H,22,25)/t13-,14-/m1/s1. The Morgan fingerprint density at radius 2 is 2.14 bits per heavy atom. The SMILES string of the molecule is Cc1c(Cl)cccc1NC(=O)[C@@H](C)OC(=O)[C@@H]1CC(=O)N(Cc2ccco2)C1. The number of halogens is 1. The molecule has 3 rings (SSSR count). The summed E-state index contributed by atoms with van der Waals surface area (Å²) < 4.78 is 10.5. The Kier molecular flexibility index (Phi) is 6.04. The first-order chi connectivity index (χ1) is 13.3. The van der Waals surface area contributed by atoms with Crippen molar-refractivity contribution in [2.75, 3.05) is 11.9 Å². The highest BCUT2D eigenvalue weighted by molar-refractivity contribution is 6.31. The molecule has 2 atom stereocenters. The molecule has 0 unspecified atom stereocenters. The highest BCUT2D eigenvalue weighted by Crippen LogP contribution is 2.24. The second-order valence-electron chi connectivity index (χ2n) is 6.74. The monoisotopic (exact) mass is 404 g/mol. The first-order valence-corrected chi connectivity index (χ1v) is 9.29. The van der Waals surface area contributed by atoms with Gasteiger partial charge in [-0.2, -0.15) is 0 Å². The van der Waals surface area contributed by atoms with Gasteiger partial charge in [0, 0.05) is 23.7 Å². The number of esters is 1. The van der Waals surface area contributed by atoms with Crippen molar-refractivity contribution in [2.45, 2.75) is 32.9 Å². The molecule has 1 aliphatic heterocycles. The molecule has 2 heterocycles. The summed E-state index contributed by atoms with van der Waals surface area (Å²) in [7, 11) is 0. The van der Waals surface area contributed by atoms with Crippen molar-refractivity contribution in [1.82, 2.24) is 4.90 Å². The number of rotatable bonds is 6. The summed E-state index contributed by atoms with van der Waals surface area (Å²) in [6.45, 7) is 3.82. The van der Waals surface area contributed by atoms with E-state index in [1.54, 1.807) is 42.2 Å². The lowest BCUT2D eigenvalue weighted by Crippen LogP contribution is -2.33.